The molecule has 8 nitrogen and oxygen atoms in total. The van der Waals surface area contributed by atoms with E-state index >= 15 is 0 Å². The number of carbonyl (C=O) groups is 3. The van der Waals surface area contributed by atoms with Crippen molar-refractivity contribution in [3.8, 4) is 0 Å². The Morgan fingerprint density at radius 3 is 1.45 bits per heavy atom. The molecule has 0 aromatic heterocycles. The summed E-state index contributed by atoms with van der Waals surface area (Å²) in [6.45, 7) is 3.44. The number of unbranched alkanes of at least 4 members (excludes halogenated alkanes) is 17. The topological polar surface area (TPSA) is 125 Å². The molecule has 0 aromatic rings. The first-order valence-corrected chi connectivity index (χ1v) is 15.5. The molecule has 0 aliphatic carbocycles. The summed E-state index contributed by atoms with van der Waals surface area (Å²) in [5.41, 5.74) is 0. The summed E-state index contributed by atoms with van der Waals surface area (Å²) in [7, 11) is 0. The Morgan fingerprint density at radius 1 is 0.579 bits per heavy atom. The first-order valence-electron chi connectivity index (χ1n) is 15.5. The number of rotatable bonds is 27. The molecule has 2 atom stereocenters. The second-order valence-corrected chi connectivity index (χ2v) is 10.5. The normalized spacial score (nSPS) is 12.6. The minimum Gasteiger partial charge on any atom is -0.464 e. The number of esters is 1. The summed E-state index contributed by atoms with van der Waals surface area (Å²) in [6, 6.07) is -2.40. The van der Waals surface area contributed by atoms with Crippen molar-refractivity contribution in [1.82, 2.24) is 10.6 Å². The number of aliphatic hydroxyl groups is 2. The van der Waals surface area contributed by atoms with Crippen LogP contribution in [0.3, 0.4) is 0 Å². The van der Waals surface area contributed by atoms with Crippen molar-refractivity contribution in [3.05, 3.63) is 0 Å². The van der Waals surface area contributed by atoms with Gasteiger partial charge in [0.2, 0.25) is 11.8 Å². The molecule has 0 unspecified atom stereocenters. The van der Waals surface area contributed by atoms with E-state index in [1.807, 2.05) is 0 Å². The Hall–Kier alpha value is -1.67. The van der Waals surface area contributed by atoms with Crippen LogP contribution in [0.1, 0.15) is 142 Å². The predicted molar refractivity (Wildman–Crippen MR) is 153 cm³/mol. The molecule has 0 aliphatic rings. The minimum absolute atomic E-state index is 0.237. The lowest BCUT2D eigenvalue weighted by Crippen LogP contribution is -2.54. The van der Waals surface area contributed by atoms with Gasteiger partial charge in [-0.3, -0.25) is 9.59 Å². The molecule has 0 aliphatic heterocycles. The first kappa shape index (κ1) is 36.3. The van der Waals surface area contributed by atoms with Gasteiger partial charge in [-0.1, -0.05) is 123 Å². The maximum atomic E-state index is 12.5. The van der Waals surface area contributed by atoms with Crippen molar-refractivity contribution in [1.29, 1.82) is 0 Å². The van der Waals surface area contributed by atoms with Crippen LogP contribution in [0, 0.1) is 0 Å². The average Bonchev–Trinajstić information content (AvgIpc) is 2.92. The van der Waals surface area contributed by atoms with Crippen molar-refractivity contribution in [2.75, 3.05) is 19.8 Å². The van der Waals surface area contributed by atoms with E-state index in [-0.39, 0.29) is 18.9 Å². The van der Waals surface area contributed by atoms with Crippen molar-refractivity contribution >= 4 is 17.8 Å². The van der Waals surface area contributed by atoms with E-state index in [0.29, 0.717) is 0 Å². The van der Waals surface area contributed by atoms with Crippen LogP contribution in [0.15, 0.2) is 0 Å². The molecule has 0 saturated carbocycles. The summed E-state index contributed by atoms with van der Waals surface area (Å²) in [5.74, 6) is -1.75. The molecule has 2 amide bonds. The van der Waals surface area contributed by atoms with Gasteiger partial charge in [0, 0.05) is 6.42 Å². The van der Waals surface area contributed by atoms with Gasteiger partial charge in [-0.15, -0.1) is 0 Å². The summed E-state index contributed by atoms with van der Waals surface area (Å²) in [6.07, 6.45) is 22.2. The van der Waals surface area contributed by atoms with E-state index in [1.54, 1.807) is 0 Å². The summed E-state index contributed by atoms with van der Waals surface area (Å²) >= 11 is 0. The number of ether oxygens (including phenoxy) is 1. The van der Waals surface area contributed by atoms with Gasteiger partial charge in [0.15, 0.2) is 6.04 Å². The molecule has 0 radical (unpaired) electrons. The monoisotopic (exact) mass is 542 g/mol. The number of aliphatic hydroxyl groups excluding tert-OH is 2. The summed E-state index contributed by atoms with van der Waals surface area (Å²) in [4.78, 5) is 36.9. The molecule has 0 rings (SSSR count). The maximum Gasteiger partial charge on any atom is 0.331 e. The Balaban J connectivity index is 4.03. The van der Waals surface area contributed by atoms with Crippen LogP contribution in [0.2, 0.25) is 0 Å². The largest absolute Gasteiger partial charge is 0.464 e. The zero-order valence-corrected chi connectivity index (χ0v) is 24.4. The SMILES string of the molecule is CCCCCCCCCCCCOC(=O)[C@H](CO)NC(=O)[C@H](CO)NC(=O)CCCCCCCCCCC. The number of hydrogen-bond donors (Lipinski definition) is 4. The highest BCUT2D eigenvalue weighted by molar-refractivity contribution is 5.90. The average molecular weight is 543 g/mol. The van der Waals surface area contributed by atoms with E-state index in [1.165, 1.54) is 83.5 Å². The molecule has 8 heteroatoms. The Kier molecular flexibility index (Phi) is 25.7. The minimum atomic E-state index is -1.23. The fraction of sp³-hybridized carbons (Fsp3) is 0.900. The number of carbonyl (C=O) groups excluding carboxylic acids is 3. The summed E-state index contributed by atoms with van der Waals surface area (Å²) in [5, 5.41) is 24.0. The smallest absolute Gasteiger partial charge is 0.331 e. The van der Waals surface area contributed by atoms with Crippen LogP contribution >= 0.6 is 0 Å². The lowest BCUT2D eigenvalue weighted by Gasteiger charge is -2.20. The third-order valence-electron chi connectivity index (χ3n) is 6.87. The molecular formula is C30H58N2O6. The van der Waals surface area contributed by atoms with Crippen LogP contribution in [-0.2, 0) is 19.1 Å². The van der Waals surface area contributed by atoms with Gasteiger partial charge < -0.3 is 25.6 Å². The van der Waals surface area contributed by atoms with Gasteiger partial charge in [0.1, 0.15) is 6.04 Å². The molecule has 224 valence electrons. The number of nitrogens with one attached hydrogen (secondary N) is 2. The number of amides is 2. The molecule has 38 heavy (non-hydrogen) atoms. The summed E-state index contributed by atoms with van der Waals surface area (Å²) < 4.78 is 5.21. The molecule has 0 bridgehead atoms. The fourth-order valence-electron chi connectivity index (χ4n) is 4.37. The third-order valence-corrected chi connectivity index (χ3v) is 6.87. The quantitative estimate of drug-likeness (QED) is 0.0822. The van der Waals surface area contributed by atoms with Crippen LogP contribution in [0.25, 0.3) is 0 Å². The van der Waals surface area contributed by atoms with Crippen LogP contribution in [0.4, 0.5) is 0 Å². The lowest BCUT2D eigenvalue weighted by molar-refractivity contribution is -0.149. The van der Waals surface area contributed by atoms with Crippen LogP contribution in [0.5, 0.6) is 0 Å². The number of hydrogen-bond acceptors (Lipinski definition) is 6. The highest BCUT2D eigenvalue weighted by atomic mass is 16.5. The van der Waals surface area contributed by atoms with Gasteiger partial charge >= 0.3 is 5.97 Å². The van der Waals surface area contributed by atoms with E-state index in [0.717, 1.165) is 38.5 Å². The zero-order valence-electron chi connectivity index (χ0n) is 24.4. The van der Waals surface area contributed by atoms with Crippen LogP contribution < -0.4 is 10.6 Å². The van der Waals surface area contributed by atoms with Gasteiger partial charge in [0.05, 0.1) is 19.8 Å². The zero-order chi connectivity index (χ0) is 28.3. The molecule has 0 saturated heterocycles. The van der Waals surface area contributed by atoms with Crippen LogP contribution in [-0.4, -0.2) is 59.9 Å². The molecule has 0 heterocycles. The highest BCUT2D eigenvalue weighted by Crippen LogP contribution is 2.11. The van der Waals surface area contributed by atoms with E-state index < -0.39 is 37.2 Å². The second-order valence-electron chi connectivity index (χ2n) is 10.5. The Bertz CT molecular complexity index is 587. The Morgan fingerprint density at radius 2 is 1.00 bits per heavy atom. The predicted octanol–water partition coefficient (Wildman–Crippen LogP) is 5.33. The maximum absolute atomic E-state index is 12.5. The van der Waals surface area contributed by atoms with Gasteiger partial charge in [-0.05, 0) is 12.8 Å². The first-order chi connectivity index (χ1) is 18.5. The second kappa shape index (κ2) is 26.9. The Labute approximate surface area is 232 Å². The van der Waals surface area contributed by atoms with E-state index in [9.17, 15) is 24.6 Å². The highest BCUT2D eigenvalue weighted by Gasteiger charge is 2.26. The van der Waals surface area contributed by atoms with Crippen molar-refractivity contribution in [2.24, 2.45) is 0 Å². The molecule has 0 spiro atoms. The van der Waals surface area contributed by atoms with Crippen molar-refractivity contribution in [2.45, 2.75) is 154 Å². The van der Waals surface area contributed by atoms with Gasteiger partial charge in [-0.2, -0.15) is 0 Å². The third kappa shape index (κ3) is 21.3. The molecule has 0 aromatic carbocycles. The van der Waals surface area contributed by atoms with Gasteiger partial charge in [0.25, 0.3) is 0 Å². The fourth-order valence-corrected chi connectivity index (χ4v) is 4.37. The molecule has 4 N–H and O–H groups in total. The standard InChI is InChI=1S/C30H58N2O6/c1-3-5-7-9-11-13-15-17-19-21-23-38-30(37)27(25-34)32-29(36)26(24-33)31-28(35)22-20-18-16-14-12-10-8-6-4-2/h26-27,33-34H,3-25H2,1-2H3,(H,31,35)(H,32,36)/t26-,27-/m0/s1. The molecule has 0 fully saturated rings. The van der Waals surface area contributed by atoms with E-state index in [4.69, 9.17) is 4.74 Å². The molecular weight excluding hydrogens is 484 g/mol. The van der Waals surface area contributed by atoms with E-state index in [2.05, 4.69) is 24.5 Å². The van der Waals surface area contributed by atoms with Crippen molar-refractivity contribution < 1.29 is 29.3 Å². The van der Waals surface area contributed by atoms with Crippen molar-refractivity contribution in [3.63, 3.8) is 0 Å². The van der Waals surface area contributed by atoms with Gasteiger partial charge in [-0.25, -0.2) is 4.79 Å². The lowest BCUT2D eigenvalue weighted by atomic mass is 10.1.